The van der Waals surface area contributed by atoms with Crippen LogP contribution in [0.5, 0.6) is 0 Å². The van der Waals surface area contributed by atoms with Gasteiger partial charge in [0.05, 0.1) is 14.7 Å². The van der Waals surface area contributed by atoms with Crippen LogP contribution in [0.1, 0.15) is 64.9 Å². The normalized spacial score (nSPS) is 11.8. The number of hydrogen-bond donors (Lipinski definition) is 0. The molecule has 0 aliphatic rings. The minimum atomic E-state index is 0.473. The maximum atomic E-state index is 5.44. The molecule has 0 bridgehead atoms. The molecular formula is C18H32N2S2. The van der Waals surface area contributed by atoms with Gasteiger partial charge in [-0.3, -0.25) is 0 Å². The van der Waals surface area contributed by atoms with Gasteiger partial charge < -0.3 is 9.80 Å². The molecule has 0 spiro atoms. The van der Waals surface area contributed by atoms with E-state index in [9.17, 15) is 0 Å². The SMILES string of the molecule is CCCN(CCC)CCCCN(C)c1c(C(C)C)c(=S)c1=S. The molecule has 0 atom stereocenters. The van der Waals surface area contributed by atoms with Crippen LogP contribution in [0, 0.1) is 9.02 Å². The highest BCUT2D eigenvalue weighted by Crippen LogP contribution is 2.35. The Labute approximate surface area is 147 Å². The van der Waals surface area contributed by atoms with Gasteiger partial charge in [-0.05, 0) is 56.8 Å². The summed E-state index contributed by atoms with van der Waals surface area (Å²) in [5, 5.41) is 0. The van der Waals surface area contributed by atoms with E-state index in [-0.39, 0.29) is 0 Å². The topological polar surface area (TPSA) is 6.48 Å². The second-order valence-electron chi connectivity index (χ2n) is 6.55. The minimum absolute atomic E-state index is 0.473. The van der Waals surface area contributed by atoms with E-state index in [4.69, 9.17) is 24.4 Å². The van der Waals surface area contributed by atoms with Gasteiger partial charge in [0.1, 0.15) is 0 Å². The van der Waals surface area contributed by atoms with E-state index in [0.717, 1.165) is 15.6 Å². The molecular weight excluding hydrogens is 308 g/mol. The molecule has 0 N–H and O–H groups in total. The molecule has 0 amide bonds. The quantitative estimate of drug-likeness (QED) is 0.388. The highest BCUT2D eigenvalue weighted by molar-refractivity contribution is 7.74. The van der Waals surface area contributed by atoms with Crippen molar-refractivity contribution in [2.45, 2.75) is 59.3 Å². The van der Waals surface area contributed by atoms with Gasteiger partial charge in [-0.2, -0.15) is 0 Å². The molecule has 0 radical (unpaired) electrons. The lowest BCUT2D eigenvalue weighted by molar-refractivity contribution is 0.269. The first-order chi connectivity index (χ1) is 10.4. The van der Waals surface area contributed by atoms with Crippen molar-refractivity contribution < 1.29 is 0 Å². The smallest absolute Gasteiger partial charge is 0.0798 e. The van der Waals surface area contributed by atoms with Gasteiger partial charge in [-0.1, -0.05) is 52.1 Å². The summed E-state index contributed by atoms with van der Waals surface area (Å²) in [5.74, 6) is 0.473. The summed E-state index contributed by atoms with van der Waals surface area (Å²) in [5.41, 5.74) is 2.52. The predicted octanol–water partition coefficient (Wildman–Crippen LogP) is 5.48. The number of nitrogens with zero attached hydrogens (tertiary/aromatic N) is 2. The third-order valence-electron chi connectivity index (χ3n) is 4.18. The molecule has 4 heteroatoms. The molecule has 1 aromatic rings. The fraction of sp³-hybridized carbons (Fsp3) is 0.778. The molecule has 22 heavy (non-hydrogen) atoms. The van der Waals surface area contributed by atoms with E-state index in [1.165, 1.54) is 56.6 Å². The van der Waals surface area contributed by atoms with Crippen molar-refractivity contribution in [1.29, 1.82) is 0 Å². The Morgan fingerprint density at radius 2 is 1.41 bits per heavy atom. The zero-order chi connectivity index (χ0) is 16.7. The van der Waals surface area contributed by atoms with Gasteiger partial charge in [-0.25, -0.2) is 0 Å². The number of rotatable bonds is 11. The van der Waals surface area contributed by atoms with E-state index in [2.05, 4.69) is 44.5 Å². The summed E-state index contributed by atoms with van der Waals surface area (Å²) in [6.07, 6.45) is 4.96. The Morgan fingerprint density at radius 1 is 0.864 bits per heavy atom. The highest BCUT2D eigenvalue weighted by atomic mass is 32.1. The van der Waals surface area contributed by atoms with Crippen molar-refractivity contribution in [1.82, 2.24) is 4.90 Å². The summed E-state index contributed by atoms with van der Waals surface area (Å²) < 4.78 is 1.82. The van der Waals surface area contributed by atoms with Crippen LogP contribution in [-0.2, 0) is 0 Å². The molecule has 0 unspecified atom stereocenters. The Bertz CT molecular complexity index is 509. The molecule has 0 saturated carbocycles. The van der Waals surface area contributed by atoms with Crippen LogP contribution >= 0.6 is 24.4 Å². The molecule has 1 rings (SSSR count). The standard InChI is InChI=1S/C18H32N2S2/c1-6-10-20(11-7-2)13-9-8-12-19(5)16-15(14(3)4)17(21)18(16)22/h14H,6-13H2,1-5H3. The van der Waals surface area contributed by atoms with E-state index < -0.39 is 0 Å². The lowest BCUT2D eigenvalue weighted by atomic mass is 9.96. The first kappa shape index (κ1) is 19.7. The molecule has 126 valence electrons. The van der Waals surface area contributed by atoms with Crippen molar-refractivity contribution in [2.24, 2.45) is 0 Å². The zero-order valence-corrected chi connectivity index (χ0v) is 16.6. The van der Waals surface area contributed by atoms with Crippen molar-refractivity contribution in [3.8, 4) is 0 Å². The van der Waals surface area contributed by atoms with E-state index in [1.807, 2.05) is 0 Å². The summed E-state index contributed by atoms with van der Waals surface area (Å²) in [6.45, 7) is 13.7. The van der Waals surface area contributed by atoms with Crippen LogP contribution in [0.2, 0.25) is 0 Å². The Hall–Kier alpha value is -0.320. The molecule has 0 heterocycles. The maximum Gasteiger partial charge on any atom is 0.0798 e. The Balaban J connectivity index is 2.44. The molecule has 0 fully saturated rings. The number of unbranched alkanes of at least 4 members (excludes halogenated alkanes) is 1. The molecule has 0 aliphatic heterocycles. The summed E-state index contributed by atoms with van der Waals surface area (Å²) >= 11 is 10.8. The lowest BCUT2D eigenvalue weighted by Gasteiger charge is -2.28. The first-order valence-corrected chi connectivity index (χ1v) is 9.52. The lowest BCUT2D eigenvalue weighted by Crippen LogP contribution is -2.28. The highest BCUT2D eigenvalue weighted by Gasteiger charge is 2.20. The molecule has 0 saturated heterocycles. The first-order valence-electron chi connectivity index (χ1n) is 8.70. The molecule has 0 aliphatic carbocycles. The average Bonchev–Trinajstić information content (AvgIpc) is 2.47. The Morgan fingerprint density at radius 3 is 1.91 bits per heavy atom. The van der Waals surface area contributed by atoms with E-state index in [0.29, 0.717) is 5.92 Å². The summed E-state index contributed by atoms with van der Waals surface area (Å²) in [6, 6.07) is 0. The van der Waals surface area contributed by atoms with Crippen molar-refractivity contribution in [3.05, 3.63) is 14.6 Å². The fourth-order valence-electron chi connectivity index (χ4n) is 3.08. The van der Waals surface area contributed by atoms with Gasteiger partial charge in [0.15, 0.2) is 0 Å². The molecule has 1 aromatic carbocycles. The van der Waals surface area contributed by atoms with Gasteiger partial charge in [0.25, 0.3) is 0 Å². The van der Waals surface area contributed by atoms with Crippen LogP contribution in [0.3, 0.4) is 0 Å². The third kappa shape index (κ3) is 5.10. The van der Waals surface area contributed by atoms with Crippen molar-refractivity contribution >= 4 is 30.1 Å². The summed E-state index contributed by atoms with van der Waals surface area (Å²) in [7, 11) is 2.15. The van der Waals surface area contributed by atoms with E-state index in [1.54, 1.807) is 0 Å². The second kappa shape index (κ2) is 9.74. The average molecular weight is 341 g/mol. The van der Waals surface area contributed by atoms with E-state index >= 15 is 0 Å². The largest absolute Gasteiger partial charge is 0.373 e. The van der Waals surface area contributed by atoms with Crippen molar-refractivity contribution in [3.63, 3.8) is 0 Å². The maximum absolute atomic E-state index is 5.44. The number of hydrogen-bond acceptors (Lipinski definition) is 4. The van der Waals surface area contributed by atoms with Crippen molar-refractivity contribution in [2.75, 3.05) is 38.1 Å². The van der Waals surface area contributed by atoms with Crippen LogP contribution in [0.25, 0.3) is 0 Å². The zero-order valence-electron chi connectivity index (χ0n) is 14.9. The van der Waals surface area contributed by atoms with Crippen LogP contribution in [0.15, 0.2) is 0 Å². The predicted molar refractivity (Wildman–Crippen MR) is 104 cm³/mol. The minimum Gasteiger partial charge on any atom is -0.373 e. The van der Waals surface area contributed by atoms with Gasteiger partial charge in [-0.15, -0.1) is 0 Å². The fourth-order valence-corrected chi connectivity index (χ4v) is 3.88. The monoisotopic (exact) mass is 340 g/mol. The van der Waals surface area contributed by atoms with Gasteiger partial charge in [0.2, 0.25) is 0 Å². The third-order valence-corrected chi connectivity index (χ3v) is 5.13. The molecule has 2 nitrogen and oxygen atoms in total. The van der Waals surface area contributed by atoms with Gasteiger partial charge >= 0.3 is 0 Å². The van der Waals surface area contributed by atoms with Crippen LogP contribution in [-0.4, -0.2) is 38.1 Å². The van der Waals surface area contributed by atoms with Crippen LogP contribution < -0.4 is 4.90 Å². The molecule has 0 aromatic heterocycles. The summed E-state index contributed by atoms with van der Waals surface area (Å²) in [4.78, 5) is 4.90. The van der Waals surface area contributed by atoms with Crippen LogP contribution in [0.4, 0.5) is 5.69 Å². The Kier molecular flexibility index (Phi) is 8.73. The second-order valence-corrected chi connectivity index (χ2v) is 7.36. The number of anilines is 1. The van der Waals surface area contributed by atoms with Gasteiger partial charge in [0, 0.05) is 13.6 Å².